The fourth-order valence-corrected chi connectivity index (χ4v) is 3.84. The predicted octanol–water partition coefficient (Wildman–Crippen LogP) is 2.77. The number of carbonyl (C=O) groups excluding carboxylic acids is 2. The van der Waals surface area contributed by atoms with E-state index in [-0.39, 0.29) is 12.5 Å². The van der Waals surface area contributed by atoms with Crippen LogP contribution in [0.2, 0.25) is 0 Å². The average Bonchev–Trinajstić information content (AvgIpc) is 3.24. The molecule has 2 heterocycles. The molecule has 0 aliphatic rings. The number of aryl methyl sites for hydroxylation is 2. The lowest BCUT2D eigenvalue weighted by atomic mass is 10.1. The normalized spacial score (nSPS) is 11.2. The average molecular weight is 452 g/mol. The third-order valence-electron chi connectivity index (χ3n) is 4.78. The summed E-state index contributed by atoms with van der Waals surface area (Å²) >= 11 is 1.58. The third-order valence-corrected chi connectivity index (χ3v) is 5.44. The van der Waals surface area contributed by atoms with Gasteiger partial charge in [0.15, 0.2) is 5.16 Å². The van der Waals surface area contributed by atoms with Gasteiger partial charge in [0.1, 0.15) is 18.1 Å². The Hall–Kier alpha value is -2.33. The summed E-state index contributed by atoms with van der Waals surface area (Å²) in [7, 11) is 1.54. The van der Waals surface area contributed by atoms with Gasteiger partial charge in [-0.05, 0) is 38.0 Å². The van der Waals surface area contributed by atoms with Crippen molar-refractivity contribution < 1.29 is 19.1 Å². The van der Waals surface area contributed by atoms with E-state index in [1.54, 1.807) is 32.7 Å². The number of hydrogen-bond acceptors (Lipinski definition) is 7. The number of amides is 1. The van der Waals surface area contributed by atoms with E-state index >= 15 is 0 Å². The molecular weight excluding hydrogens is 418 g/mol. The molecule has 0 fully saturated rings. The molecule has 172 valence electrons. The molecule has 10 heteroatoms. The molecular formula is C21H33N5O4S. The van der Waals surface area contributed by atoms with Crippen LogP contribution in [0.1, 0.15) is 58.2 Å². The second-order valence-electron chi connectivity index (χ2n) is 7.72. The van der Waals surface area contributed by atoms with Crippen molar-refractivity contribution >= 4 is 23.6 Å². The summed E-state index contributed by atoms with van der Waals surface area (Å²) < 4.78 is 12.2. The van der Waals surface area contributed by atoms with Crippen LogP contribution in [0.25, 0.3) is 0 Å². The molecule has 0 aromatic carbocycles. The molecule has 0 unspecified atom stereocenters. The van der Waals surface area contributed by atoms with E-state index in [9.17, 15) is 9.59 Å². The molecule has 2 aromatic rings. The number of aromatic amines is 1. The highest BCUT2D eigenvalue weighted by atomic mass is 32.2. The van der Waals surface area contributed by atoms with E-state index in [0.717, 1.165) is 30.4 Å². The lowest BCUT2D eigenvalue weighted by Gasteiger charge is -2.11. The molecule has 0 aliphatic heterocycles. The fourth-order valence-electron chi connectivity index (χ4n) is 3.31. The highest BCUT2D eigenvalue weighted by molar-refractivity contribution is 7.98. The Kier molecular flexibility index (Phi) is 9.57. The Morgan fingerprint density at radius 1 is 1.23 bits per heavy atom. The van der Waals surface area contributed by atoms with Crippen LogP contribution in [0.15, 0.2) is 5.16 Å². The number of nitrogens with one attached hydrogen (secondary N) is 2. The second kappa shape index (κ2) is 11.9. The number of ether oxygens (including phenoxy) is 2. The first-order valence-corrected chi connectivity index (χ1v) is 11.6. The zero-order chi connectivity index (χ0) is 23.0. The maximum absolute atomic E-state index is 12.6. The van der Waals surface area contributed by atoms with E-state index in [2.05, 4.69) is 38.9 Å². The van der Waals surface area contributed by atoms with Gasteiger partial charge in [0, 0.05) is 32.3 Å². The Balaban J connectivity index is 1.93. The van der Waals surface area contributed by atoms with Gasteiger partial charge in [-0.25, -0.2) is 4.79 Å². The summed E-state index contributed by atoms with van der Waals surface area (Å²) in [5.74, 6) is 0.719. The van der Waals surface area contributed by atoms with Crippen LogP contribution in [0.5, 0.6) is 0 Å². The summed E-state index contributed by atoms with van der Waals surface area (Å²) in [6.45, 7) is 9.67. The minimum atomic E-state index is -0.462. The molecule has 1 amide bonds. The summed E-state index contributed by atoms with van der Waals surface area (Å²) in [6, 6.07) is 0. The van der Waals surface area contributed by atoms with Crippen molar-refractivity contribution in [2.45, 2.75) is 52.2 Å². The van der Waals surface area contributed by atoms with Crippen LogP contribution in [0, 0.1) is 19.8 Å². The fraction of sp³-hybridized carbons (Fsp3) is 0.619. The van der Waals surface area contributed by atoms with E-state index in [1.165, 1.54) is 0 Å². The standard InChI is InChI=1S/C21H33N5O4S/c1-13(2)12-26-16(24-25-21(26)31-6)8-7-9-22-19(27)18-14(3)17(15(4)23-18)20(28)30-11-10-29-5/h13,23H,7-12H2,1-6H3,(H,22,27). The van der Waals surface area contributed by atoms with Gasteiger partial charge in [-0.15, -0.1) is 10.2 Å². The van der Waals surface area contributed by atoms with Gasteiger partial charge < -0.3 is 24.3 Å². The summed E-state index contributed by atoms with van der Waals surface area (Å²) in [6.07, 6.45) is 3.45. The molecule has 0 saturated heterocycles. The van der Waals surface area contributed by atoms with Crippen molar-refractivity contribution in [2.75, 3.05) is 33.1 Å². The van der Waals surface area contributed by atoms with Crippen LogP contribution < -0.4 is 5.32 Å². The van der Waals surface area contributed by atoms with Crippen LogP contribution in [0.3, 0.4) is 0 Å². The monoisotopic (exact) mass is 451 g/mol. The number of hydrogen-bond donors (Lipinski definition) is 2. The lowest BCUT2D eigenvalue weighted by Crippen LogP contribution is -2.26. The van der Waals surface area contributed by atoms with E-state index < -0.39 is 5.97 Å². The molecule has 0 saturated carbocycles. The van der Waals surface area contributed by atoms with Gasteiger partial charge in [0.2, 0.25) is 0 Å². The first kappa shape index (κ1) is 24.9. The van der Waals surface area contributed by atoms with Crippen molar-refractivity contribution in [1.29, 1.82) is 0 Å². The first-order valence-electron chi connectivity index (χ1n) is 10.4. The Labute approximate surface area is 187 Å². The molecule has 2 aromatic heterocycles. The Bertz CT molecular complexity index is 891. The third kappa shape index (κ3) is 6.57. The number of H-pyrrole nitrogens is 1. The largest absolute Gasteiger partial charge is 0.460 e. The smallest absolute Gasteiger partial charge is 0.340 e. The number of esters is 1. The zero-order valence-corrected chi connectivity index (χ0v) is 20.0. The molecule has 0 atom stereocenters. The SMILES string of the molecule is COCCOC(=O)c1c(C)[nH]c(C(=O)NCCCc2nnc(SC)n2CC(C)C)c1C. The maximum atomic E-state index is 12.6. The minimum Gasteiger partial charge on any atom is -0.460 e. The summed E-state index contributed by atoms with van der Waals surface area (Å²) in [5.41, 5.74) is 1.96. The molecule has 0 bridgehead atoms. The highest BCUT2D eigenvalue weighted by Gasteiger charge is 2.23. The van der Waals surface area contributed by atoms with E-state index in [4.69, 9.17) is 9.47 Å². The van der Waals surface area contributed by atoms with Crippen molar-refractivity contribution in [3.8, 4) is 0 Å². The molecule has 0 aliphatic carbocycles. The van der Waals surface area contributed by atoms with Gasteiger partial charge in [-0.3, -0.25) is 4.79 Å². The van der Waals surface area contributed by atoms with Crippen molar-refractivity contribution in [2.24, 2.45) is 5.92 Å². The van der Waals surface area contributed by atoms with Crippen molar-refractivity contribution in [3.63, 3.8) is 0 Å². The Morgan fingerprint density at radius 3 is 2.61 bits per heavy atom. The quantitative estimate of drug-likeness (QED) is 0.290. The highest BCUT2D eigenvalue weighted by Crippen LogP contribution is 2.19. The summed E-state index contributed by atoms with van der Waals surface area (Å²) in [5, 5.41) is 12.4. The maximum Gasteiger partial charge on any atom is 0.340 e. The van der Waals surface area contributed by atoms with E-state index in [0.29, 0.717) is 41.6 Å². The number of methoxy groups -OCH3 is 1. The van der Waals surface area contributed by atoms with E-state index in [1.807, 2.05) is 6.26 Å². The van der Waals surface area contributed by atoms with Crippen molar-refractivity contribution in [1.82, 2.24) is 25.1 Å². The van der Waals surface area contributed by atoms with Gasteiger partial charge in [0.25, 0.3) is 5.91 Å². The number of thioether (sulfide) groups is 1. The first-order chi connectivity index (χ1) is 14.8. The van der Waals surface area contributed by atoms with Crippen LogP contribution in [-0.4, -0.2) is 64.7 Å². The zero-order valence-electron chi connectivity index (χ0n) is 19.2. The van der Waals surface area contributed by atoms with Gasteiger partial charge in [-0.2, -0.15) is 0 Å². The van der Waals surface area contributed by atoms with Crippen LogP contribution in [0.4, 0.5) is 0 Å². The number of carbonyl (C=O) groups is 2. The predicted molar refractivity (Wildman–Crippen MR) is 120 cm³/mol. The van der Waals surface area contributed by atoms with Gasteiger partial charge in [0.05, 0.1) is 12.2 Å². The molecule has 2 N–H and O–H groups in total. The van der Waals surface area contributed by atoms with Crippen molar-refractivity contribution in [3.05, 3.63) is 28.3 Å². The molecule has 31 heavy (non-hydrogen) atoms. The second-order valence-corrected chi connectivity index (χ2v) is 8.49. The molecule has 9 nitrogen and oxygen atoms in total. The number of aromatic nitrogens is 4. The van der Waals surface area contributed by atoms with Crippen LogP contribution >= 0.6 is 11.8 Å². The minimum absolute atomic E-state index is 0.167. The number of rotatable bonds is 12. The number of nitrogens with zero attached hydrogens (tertiary/aromatic N) is 3. The lowest BCUT2D eigenvalue weighted by molar-refractivity contribution is 0.0387. The Morgan fingerprint density at radius 2 is 1.97 bits per heavy atom. The molecule has 2 rings (SSSR count). The molecule has 0 radical (unpaired) electrons. The topological polar surface area (TPSA) is 111 Å². The summed E-state index contributed by atoms with van der Waals surface area (Å²) in [4.78, 5) is 28.0. The van der Waals surface area contributed by atoms with Gasteiger partial charge in [-0.1, -0.05) is 25.6 Å². The van der Waals surface area contributed by atoms with Gasteiger partial charge >= 0.3 is 5.97 Å². The van der Waals surface area contributed by atoms with Crippen LogP contribution in [-0.2, 0) is 22.4 Å². The molecule has 0 spiro atoms.